The summed E-state index contributed by atoms with van der Waals surface area (Å²) in [5.41, 5.74) is 3.86. The van der Waals surface area contributed by atoms with Crippen molar-refractivity contribution in [2.24, 2.45) is 5.73 Å². The number of Topliss-reactive ketones (excluding diaryl/α,β-unsaturated/α-hetero) is 1. The van der Waals surface area contributed by atoms with Crippen molar-refractivity contribution < 1.29 is 23.9 Å². The monoisotopic (exact) mass is 362 g/mol. The average molecular weight is 362 g/mol. The van der Waals surface area contributed by atoms with Crippen molar-refractivity contribution in [2.45, 2.75) is 51.4 Å². The molecule has 0 aromatic heterocycles. The molecule has 0 radical (unpaired) electrons. The fraction of sp³-hybridized carbons (Fsp3) is 0.526. The number of carbonyl (C=O) groups excluding carboxylic acids is 3. The molecular formula is C19H26N2O5. The topological polar surface area (TPSA) is 98.9 Å². The van der Waals surface area contributed by atoms with E-state index in [2.05, 4.69) is 0 Å². The summed E-state index contributed by atoms with van der Waals surface area (Å²) in [5.74, 6) is -1.31. The van der Waals surface area contributed by atoms with Gasteiger partial charge in [0.05, 0.1) is 6.54 Å². The van der Waals surface area contributed by atoms with Crippen LogP contribution in [0, 0.1) is 0 Å². The second-order valence-electron chi connectivity index (χ2n) is 7.28. The minimum absolute atomic E-state index is 0.0153. The summed E-state index contributed by atoms with van der Waals surface area (Å²) >= 11 is 0. The van der Waals surface area contributed by atoms with Crippen molar-refractivity contribution in [2.75, 3.05) is 13.1 Å². The van der Waals surface area contributed by atoms with E-state index in [9.17, 15) is 14.4 Å². The number of esters is 1. The molecule has 0 saturated carbocycles. The highest BCUT2D eigenvalue weighted by atomic mass is 16.6. The molecule has 0 spiro atoms. The number of carbonyl (C=O) groups is 3. The number of ketones is 1. The van der Waals surface area contributed by atoms with Gasteiger partial charge in [-0.15, -0.1) is 0 Å². The van der Waals surface area contributed by atoms with E-state index in [0.717, 1.165) is 5.56 Å². The van der Waals surface area contributed by atoms with E-state index in [1.165, 1.54) is 4.90 Å². The van der Waals surface area contributed by atoms with E-state index in [-0.39, 0.29) is 26.1 Å². The lowest BCUT2D eigenvalue weighted by Crippen LogP contribution is -2.61. The Labute approximate surface area is 153 Å². The second-order valence-corrected chi connectivity index (χ2v) is 7.28. The summed E-state index contributed by atoms with van der Waals surface area (Å²) in [6, 6.07) is 9.13. The van der Waals surface area contributed by atoms with Gasteiger partial charge in [-0.1, -0.05) is 30.3 Å². The first-order valence-electron chi connectivity index (χ1n) is 8.66. The molecule has 7 heteroatoms. The van der Waals surface area contributed by atoms with Crippen molar-refractivity contribution >= 4 is 17.8 Å². The number of nitrogens with zero attached hydrogens (tertiary/aromatic N) is 1. The van der Waals surface area contributed by atoms with Crippen LogP contribution < -0.4 is 5.73 Å². The molecular weight excluding hydrogens is 336 g/mol. The molecule has 7 nitrogen and oxygen atoms in total. The van der Waals surface area contributed by atoms with Gasteiger partial charge in [0.2, 0.25) is 5.54 Å². The third-order valence-electron chi connectivity index (χ3n) is 4.19. The molecule has 1 saturated heterocycles. The number of likely N-dealkylation sites (tertiary alicyclic amines) is 1. The molecule has 1 atom stereocenters. The van der Waals surface area contributed by atoms with Gasteiger partial charge in [0, 0.05) is 6.54 Å². The number of ether oxygens (including phenoxy) is 2. The second kappa shape index (κ2) is 7.86. The summed E-state index contributed by atoms with van der Waals surface area (Å²) in [7, 11) is 0. The first-order chi connectivity index (χ1) is 12.2. The Bertz CT molecular complexity index is 668. The van der Waals surface area contributed by atoms with Gasteiger partial charge in [0.15, 0.2) is 5.78 Å². The maximum absolute atomic E-state index is 12.9. The van der Waals surface area contributed by atoms with Crippen molar-refractivity contribution in [3.8, 4) is 0 Å². The van der Waals surface area contributed by atoms with Gasteiger partial charge in [-0.2, -0.15) is 0 Å². The molecule has 0 unspecified atom stereocenters. The molecule has 142 valence electrons. The average Bonchev–Trinajstić information content (AvgIpc) is 3.04. The van der Waals surface area contributed by atoms with Crippen LogP contribution in [0.3, 0.4) is 0 Å². The third-order valence-corrected chi connectivity index (χ3v) is 4.19. The summed E-state index contributed by atoms with van der Waals surface area (Å²) in [6.45, 7) is 5.06. The Morgan fingerprint density at radius 3 is 2.42 bits per heavy atom. The molecule has 2 N–H and O–H groups in total. The van der Waals surface area contributed by atoms with Crippen LogP contribution in [0.4, 0.5) is 4.79 Å². The van der Waals surface area contributed by atoms with E-state index in [0.29, 0.717) is 6.42 Å². The lowest BCUT2D eigenvalue weighted by Gasteiger charge is -2.35. The van der Waals surface area contributed by atoms with Gasteiger partial charge in [0.25, 0.3) is 0 Å². The lowest BCUT2D eigenvalue weighted by molar-refractivity contribution is -0.161. The maximum atomic E-state index is 12.9. The number of benzene rings is 1. The van der Waals surface area contributed by atoms with Crippen LogP contribution in [0.1, 0.15) is 39.2 Å². The SMILES string of the molecule is CC(C)(C)OC(=O)N1CCC[C@@]1(C(=O)CN)C(=O)OCc1ccccc1. The zero-order valence-corrected chi connectivity index (χ0v) is 15.5. The summed E-state index contributed by atoms with van der Waals surface area (Å²) in [6.07, 6.45) is -0.0464. The Hall–Kier alpha value is -2.41. The van der Waals surface area contributed by atoms with Gasteiger partial charge in [0.1, 0.15) is 12.2 Å². The zero-order valence-electron chi connectivity index (χ0n) is 15.5. The first-order valence-corrected chi connectivity index (χ1v) is 8.66. The van der Waals surface area contributed by atoms with Crippen molar-refractivity contribution in [3.05, 3.63) is 35.9 Å². The predicted octanol–water partition coefficient (Wildman–Crippen LogP) is 2.03. The van der Waals surface area contributed by atoms with Gasteiger partial charge in [-0.3, -0.25) is 9.69 Å². The van der Waals surface area contributed by atoms with Gasteiger partial charge in [-0.25, -0.2) is 9.59 Å². The molecule has 1 aliphatic rings. The molecule has 1 fully saturated rings. The number of hydrogen-bond donors (Lipinski definition) is 1. The fourth-order valence-electron chi connectivity index (χ4n) is 3.01. The fourth-order valence-corrected chi connectivity index (χ4v) is 3.01. The zero-order chi connectivity index (χ0) is 19.4. The van der Waals surface area contributed by atoms with Crippen molar-refractivity contribution in [1.82, 2.24) is 4.90 Å². The molecule has 1 aromatic carbocycles. The van der Waals surface area contributed by atoms with Gasteiger partial charge in [-0.05, 0) is 39.2 Å². The number of hydrogen-bond acceptors (Lipinski definition) is 6. The van der Waals surface area contributed by atoms with Gasteiger partial charge >= 0.3 is 12.1 Å². The Morgan fingerprint density at radius 1 is 1.19 bits per heavy atom. The normalized spacial score (nSPS) is 19.9. The van der Waals surface area contributed by atoms with Crippen LogP contribution in [-0.4, -0.2) is 47.0 Å². The molecule has 0 aliphatic carbocycles. The molecule has 1 amide bonds. The minimum Gasteiger partial charge on any atom is -0.459 e. The molecule has 1 aliphatic heterocycles. The van der Waals surface area contributed by atoms with Crippen molar-refractivity contribution in [1.29, 1.82) is 0 Å². The highest BCUT2D eigenvalue weighted by Crippen LogP contribution is 2.33. The highest BCUT2D eigenvalue weighted by molar-refractivity contribution is 6.11. The maximum Gasteiger partial charge on any atom is 0.411 e. The summed E-state index contributed by atoms with van der Waals surface area (Å²) in [4.78, 5) is 39.2. The lowest BCUT2D eigenvalue weighted by atomic mass is 9.90. The molecule has 1 heterocycles. The van der Waals surface area contributed by atoms with Crippen LogP contribution in [0.2, 0.25) is 0 Å². The highest BCUT2D eigenvalue weighted by Gasteiger charge is 2.57. The predicted molar refractivity (Wildman–Crippen MR) is 95.2 cm³/mol. The number of nitrogens with two attached hydrogens (primary N) is 1. The van der Waals surface area contributed by atoms with Crippen molar-refractivity contribution in [3.63, 3.8) is 0 Å². The van der Waals surface area contributed by atoms with E-state index < -0.39 is 29.0 Å². The smallest absolute Gasteiger partial charge is 0.411 e. The third kappa shape index (κ3) is 4.22. The van der Waals surface area contributed by atoms with E-state index in [4.69, 9.17) is 15.2 Å². The summed E-state index contributed by atoms with van der Waals surface area (Å²) < 4.78 is 10.8. The molecule has 26 heavy (non-hydrogen) atoms. The van der Waals surface area contributed by atoms with Crippen LogP contribution in [0.5, 0.6) is 0 Å². The quantitative estimate of drug-likeness (QED) is 0.635. The van der Waals surface area contributed by atoms with Gasteiger partial charge < -0.3 is 15.2 Å². The minimum atomic E-state index is -1.72. The summed E-state index contributed by atoms with van der Waals surface area (Å²) in [5, 5.41) is 0. The van der Waals surface area contributed by atoms with E-state index >= 15 is 0 Å². The molecule has 1 aromatic rings. The first kappa shape index (κ1) is 19.9. The number of rotatable bonds is 5. The van der Waals surface area contributed by atoms with E-state index in [1.54, 1.807) is 20.8 Å². The van der Waals surface area contributed by atoms with Crippen LogP contribution in [0.25, 0.3) is 0 Å². The number of amides is 1. The molecule has 2 rings (SSSR count). The van der Waals surface area contributed by atoms with Crippen LogP contribution in [-0.2, 0) is 25.7 Å². The van der Waals surface area contributed by atoms with E-state index in [1.807, 2.05) is 30.3 Å². The Morgan fingerprint density at radius 2 is 1.85 bits per heavy atom. The largest absolute Gasteiger partial charge is 0.459 e. The molecule has 0 bridgehead atoms. The Kier molecular flexibility index (Phi) is 6.02. The van der Waals surface area contributed by atoms with Crippen LogP contribution >= 0.6 is 0 Å². The van der Waals surface area contributed by atoms with Crippen LogP contribution in [0.15, 0.2) is 30.3 Å². The Balaban J connectivity index is 2.24. The standard InChI is InChI=1S/C19H26N2O5/c1-18(2,3)26-17(24)21-11-7-10-19(21,15(22)12-20)16(23)25-13-14-8-5-4-6-9-14/h4-6,8-9H,7,10-13,20H2,1-3H3/t19-/m1/s1.